The zero-order chi connectivity index (χ0) is 16.9. The highest BCUT2D eigenvalue weighted by Crippen LogP contribution is 2.30. The van der Waals surface area contributed by atoms with E-state index in [0.717, 1.165) is 12.1 Å². The first-order valence-electron chi connectivity index (χ1n) is 6.81. The quantitative estimate of drug-likeness (QED) is 0.819. The Balaban J connectivity index is 1.82. The number of halogens is 4. The Hall–Kier alpha value is -2.21. The number of alkyl halides is 3. The maximum absolute atomic E-state index is 12.6. The van der Waals surface area contributed by atoms with Crippen molar-refractivity contribution >= 4 is 28.9 Å². The standard InChI is InChI=1S/C16H14ClF3N2O/c17-12-4-6-13(7-5-12)22-15(23)8-9-21-14-3-1-2-11(10-14)16(18,19)20/h1-7,10,21H,8-9H2,(H,22,23). The average Bonchev–Trinajstić information content (AvgIpc) is 2.49. The molecule has 1 amide bonds. The second kappa shape index (κ2) is 7.37. The van der Waals surface area contributed by atoms with Gasteiger partial charge in [0.15, 0.2) is 0 Å². The maximum Gasteiger partial charge on any atom is 0.416 e. The lowest BCUT2D eigenvalue weighted by Gasteiger charge is -2.10. The number of hydrogen-bond donors (Lipinski definition) is 2. The summed E-state index contributed by atoms with van der Waals surface area (Å²) in [7, 11) is 0. The first kappa shape index (κ1) is 17.1. The Morgan fingerprint density at radius 1 is 1.04 bits per heavy atom. The topological polar surface area (TPSA) is 41.1 Å². The van der Waals surface area contributed by atoms with Crippen molar-refractivity contribution in [1.82, 2.24) is 0 Å². The summed E-state index contributed by atoms with van der Waals surface area (Å²) in [6, 6.07) is 11.5. The van der Waals surface area contributed by atoms with Gasteiger partial charge in [-0.15, -0.1) is 0 Å². The van der Waals surface area contributed by atoms with Crippen LogP contribution in [0.1, 0.15) is 12.0 Å². The Bertz CT molecular complexity index is 672. The molecule has 0 aliphatic carbocycles. The number of carbonyl (C=O) groups excluding carboxylic acids is 1. The lowest BCUT2D eigenvalue weighted by atomic mass is 10.2. The van der Waals surface area contributed by atoms with Crippen LogP contribution in [0.5, 0.6) is 0 Å². The fourth-order valence-electron chi connectivity index (χ4n) is 1.88. The molecule has 0 fully saturated rings. The van der Waals surface area contributed by atoms with Gasteiger partial charge in [0.05, 0.1) is 5.56 Å². The summed E-state index contributed by atoms with van der Waals surface area (Å²) in [6.07, 6.45) is -4.26. The molecule has 2 N–H and O–H groups in total. The van der Waals surface area contributed by atoms with Gasteiger partial charge < -0.3 is 10.6 Å². The predicted octanol–water partition coefficient (Wildman–Crippen LogP) is 4.80. The number of nitrogens with one attached hydrogen (secondary N) is 2. The SMILES string of the molecule is O=C(CCNc1cccc(C(F)(F)F)c1)Nc1ccc(Cl)cc1. The molecule has 7 heteroatoms. The van der Waals surface area contributed by atoms with Gasteiger partial charge in [0.2, 0.25) is 5.91 Å². The van der Waals surface area contributed by atoms with Gasteiger partial charge in [0.1, 0.15) is 0 Å². The highest BCUT2D eigenvalue weighted by molar-refractivity contribution is 6.30. The number of anilines is 2. The smallest absolute Gasteiger partial charge is 0.385 e. The number of benzene rings is 2. The van der Waals surface area contributed by atoms with Crippen LogP contribution in [0.15, 0.2) is 48.5 Å². The molecule has 2 rings (SSSR count). The van der Waals surface area contributed by atoms with Crippen molar-refractivity contribution < 1.29 is 18.0 Å². The Labute approximate surface area is 136 Å². The van der Waals surface area contributed by atoms with E-state index in [2.05, 4.69) is 10.6 Å². The van der Waals surface area contributed by atoms with E-state index in [1.165, 1.54) is 12.1 Å². The zero-order valence-electron chi connectivity index (χ0n) is 12.0. The molecule has 23 heavy (non-hydrogen) atoms. The first-order valence-corrected chi connectivity index (χ1v) is 7.19. The number of hydrogen-bond acceptors (Lipinski definition) is 2. The van der Waals surface area contributed by atoms with Gasteiger partial charge in [-0.2, -0.15) is 13.2 Å². The predicted molar refractivity (Wildman–Crippen MR) is 84.6 cm³/mol. The molecule has 0 atom stereocenters. The molecule has 0 heterocycles. The van der Waals surface area contributed by atoms with Crippen molar-refractivity contribution in [2.24, 2.45) is 0 Å². The van der Waals surface area contributed by atoms with Crippen LogP contribution in [0.4, 0.5) is 24.5 Å². The summed E-state index contributed by atoms with van der Waals surface area (Å²) in [5, 5.41) is 6.04. The molecule has 2 aromatic rings. The van der Waals surface area contributed by atoms with E-state index in [1.54, 1.807) is 24.3 Å². The van der Waals surface area contributed by atoms with Gasteiger partial charge in [-0.05, 0) is 42.5 Å². The van der Waals surface area contributed by atoms with Crippen LogP contribution in [0.3, 0.4) is 0 Å². The molecule has 2 aromatic carbocycles. The molecule has 122 valence electrons. The normalized spacial score (nSPS) is 11.1. The number of amides is 1. The van der Waals surface area contributed by atoms with Crippen LogP contribution < -0.4 is 10.6 Å². The Kier molecular flexibility index (Phi) is 5.50. The van der Waals surface area contributed by atoms with Crippen molar-refractivity contribution in [3.8, 4) is 0 Å². The van der Waals surface area contributed by atoms with Gasteiger partial charge in [-0.1, -0.05) is 17.7 Å². The molecule has 0 saturated carbocycles. The number of rotatable bonds is 5. The maximum atomic E-state index is 12.6. The molecular weight excluding hydrogens is 329 g/mol. The lowest BCUT2D eigenvalue weighted by molar-refractivity contribution is -0.137. The van der Waals surface area contributed by atoms with E-state index in [-0.39, 0.29) is 18.9 Å². The third kappa shape index (κ3) is 5.49. The van der Waals surface area contributed by atoms with E-state index < -0.39 is 11.7 Å². The highest BCUT2D eigenvalue weighted by atomic mass is 35.5. The summed E-state index contributed by atoms with van der Waals surface area (Å²) in [6.45, 7) is 0.223. The fourth-order valence-corrected chi connectivity index (χ4v) is 2.01. The lowest BCUT2D eigenvalue weighted by Crippen LogP contribution is -2.16. The largest absolute Gasteiger partial charge is 0.416 e. The van der Waals surface area contributed by atoms with Gasteiger partial charge in [0, 0.05) is 29.4 Å². The summed E-state index contributed by atoms with van der Waals surface area (Å²) < 4.78 is 37.8. The van der Waals surface area contributed by atoms with E-state index in [9.17, 15) is 18.0 Å². The minimum Gasteiger partial charge on any atom is -0.385 e. The van der Waals surface area contributed by atoms with Crippen molar-refractivity contribution in [3.63, 3.8) is 0 Å². The van der Waals surface area contributed by atoms with E-state index >= 15 is 0 Å². The number of carbonyl (C=O) groups is 1. The molecule has 0 unspecified atom stereocenters. The summed E-state index contributed by atoms with van der Waals surface area (Å²) in [5.41, 5.74) is 0.200. The van der Waals surface area contributed by atoms with Gasteiger partial charge in [-0.3, -0.25) is 4.79 Å². The van der Waals surface area contributed by atoms with Crippen molar-refractivity contribution in [2.75, 3.05) is 17.2 Å². The van der Waals surface area contributed by atoms with Crippen LogP contribution in [0.2, 0.25) is 5.02 Å². The molecule has 0 bridgehead atoms. The molecule has 0 radical (unpaired) electrons. The van der Waals surface area contributed by atoms with E-state index in [4.69, 9.17) is 11.6 Å². The third-order valence-electron chi connectivity index (χ3n) is 3.00. The van der Waals surface area contributed by atoms with E-state index in [1.807, 2.05) is 0 Å². The van der Waals surface area contributed by atoms with Crippen molar-refractivity contribution in [3.05, 3.63) is 59.1 Å². The van der Waals surface area contributed by atoms with Crippen LogP contribution in [0.25, 0.3) is 0 Å². The molecule has 0 spiro atoms. The first-order chi connectivity index (χ1) is 10.8. The average molecular weight is 343 g/mol. The van der Waals surface area contributed by atoms with Crippen LogP contribution in [-0.2, 0) is 11.0 Å². The third-order valence-corrected chi connectivity index (χ3v) is 3.25. The molecule has 3 nitrogen and oxygen atoms in total. The molecule has 0 saturated heterocycles. The minimum absolute atomic E-state index is 0.124. The second-order valence-electron chi connectivity index (χ2n) is 4.81. The van der Waals surface area contributed by atoms with Crippen LogP contribution >= 0.6 is 11.6 Å². The van der Waals surface area contributed by atoms with Crippen LogP contribution in [-0.4, -0.2) is 12.5 Å². The summed E-state index contributed by atoms with van der Waals surface area (Å²) >= 11 is 5.74. The summed E-state index contributed by atoms with van der Waals surface area (Å²) in [5.74, 6) is -0.244. The molecule has 0 aromatic heterocycles. The minimum atomic E-state index is -4.39. The molecule has 0 aliphatic rings. The van der Waals surface area contributed by atoms with E-state index in [0.29, 0.717) is 16.4 Å². The van der Waals surface area contributed by atoms with Crippen molar-refractivity contribution in [2.45, 2.75) is 12.6 Å². The van der Waals surface area contributed by atoms with Crippen LogP contribution in [0, 0.1) is 0 Å². The summed E-state index contributed by atoms with van der Waals surface area (Å²) in [4.78, 5) is 11.7. The molecule has 0 aliphatic heterocycles. The van der Waals surface area contributed by atoms with Gasteiger partial charge in [0.25, 0.3) is 0 Å². The monoisotopic (exact) mass is 342 g/mol. The second-order valence-corrected chi connectivity index (χ2v) is 5.25. The van der Waals surface area contributed by atoms with Gasteiger partial charge >= 0.3 is 6.18 Å². The highest BCUT2D eigenvalue weighted by Gasteiger charge is 2.30. The fraction of sp³-hybridized carbons (Fsp3) is 0.188. The Morgan fingerprint density at radius 3 is 2.39 bits per heavy atom. The van der Waals surface area contributed by atoms with Crippen molar-refractivity contribution in [1.29, 1.82) is 0 Å². The Morgan fingerprint density at radius 2 is 1.74 bits per heavy atom. The zero-order valence-corrected chi connectivity index (χ0v) is 12.7. The molecular formula is C16H14ClF3N2O. The van der Waals surface area contributed by atoms with Gasteiger partial charge in [-0.25, -0.2) is 0 Å².